The van der Waals surface area contributed by atoms with E-state index < -0.39 is 6.03 Å². The van der Waals surface area contributed by atoms with E-state index in [0.29, 0.717) is 19.6 Å². The number of nitrogens with two attached hydrogens (primary N) is 2. The molecule has 0 rings (SSSR count). The maximum Gasteiger partial charge on any atom is 0.312 e. The zero-order chi connectivity index (χ0) is 11.7. The molecule has 6 heteroatoms. The summed E-state index contributed by atoms with van der Waals surface area (Å²) in [4.78, 5) is 21.7. The Kier molecular flexibility index (Phi) is 7.35. The first-order chi connectivity index (χ1) is 7.07. The molecule has 88 valence electrons. The van der Waals surface area contributed by atoms with Crippen molar-refractivity contribution in [1.82, 2.24) is 10.6 Å². The van der Waals surface area contributed by atoms with Gasteiger partial charge in [-0.05, 0) is 19.4 Å². The first kappa shape index (κ1) is 13.7. The number of urea groups is 1. The number of hydrogen-bond donors (Lipinski definition) is 4. The smallest absolute Gasteiger partial charge is 0.312 e. The minimum atomic E-state index is -0.583. The molecule has 0 aliphatic heterocycles. The zero-order valence-electron chi connectivity index (χ0n) is 9.08. The predicted molar refractivity (Wildman–Crippen MR) is 58.0 cm³/mol. The van der Waals surface area contributed by atoms with E-state index in [1.54, 1.807) is 0 Å². The van der Waals surface area contributed by atoms with E-state index in [0.717, 1.165) is 12.8 Å². The SMILES string of the molecule is CC(CCCN)C(=O)NCCNC(N)=O. The molecule has 6 N–H and O–H groups in total. The number of hydrogen-bond acceptors (Lipinski definition) is 3. The Morgan fingerprint density at radius 2 is 1.87 bits per heavy atom. The lowest BCUT2D eigenvalue weighted by Crippen LogP contribution is -2.38. The lowest BCUT2D eigenvalue weighted by molar-refractivity contribution is -0.124. The van der Waals surface area contributed by atoms with Crippen LogP contribution in [0.5, 0.6) is 0 Å². The Balaban J connectivity index is 3.51. The number of nitrogens with one attached hydrogen (secondary N) is 2. The maximum atomic E-state index is 11.4. The monoisotopic (exact) mass is 216 g/mol. The van der Waals surface area contributed by atoms with Crippen molar-refractivity contribution in [2.24, 2.45) is 17.4 Å². The normalized spacial score (nSPS) is 11.9. The average molecular weight is 216 g/mol. The fraction of sp³-hybridized carbons (Fsp3) is 0.778. The van der Waals surface area contributed by atoms with E-state index in [2.05, 4.69) is 10.6 Å². The molecule has 0 spiro atoms. The van der Waals surface area contributed by atoms with Crippen molar-refractivity contribution < 1.29 is 9.59 Å². The van der Waals surface area contributed by atoms with Crippen LogP contribution in [0.15, 0.2) is 0 Å². The van der Waals surface area contributed by atoms with Gasteiger partial charge in [0.2, 0.25) is 5.91 Å². The third-order valence-corrected chi connectivity index (χ3v) is 2.01. The molecule has 0 heterocycles. The van der Waals surface area contributed by atoms with Crippen LogP contribution in [0.2, 0.25) is 0 Å². The lowest BCUT2D eigenvalue weighted by Gasteiger charge is -2.11. The Morgan fingerprint density at radius 3 is 2.40 bits per heavy atom. The summed E-state index contributed by atoms with van der Waals surface area (Å²) in [6, 6.07) is -0.583. The second-order valence-electron chi connectivity index (χ2n) is 3.41. The summed E-state index contributed by atoms with van der Waals surface area (Å²) in [5.74, 6) is -0.0585. The average Bonchev–Trinajstić information content (AvgIpc) is 2.20. The summed E-state index contributed by atoms with van der Waals surface area (Å²) in [6.07, 6.45) is 1.62. The predicted octanol–water partition coefficient (Wildman–Crippen LogP) is -0.854. The van der Waals surface area contributed by atoms with Crippen molar-refractivity contribution in [2.45, 2.75) is 19.8 Å². The molecule has 3 amide bonds. The fourth-order valence-corrected chi connectivity index (χ4v) is 1.10. The van der Waals surface area contributed by atoms with E-state index in [1.165, 1.54) is 0 Å². The van der Waals surface area contributed by atoms with Crippen molar-refractivity contribution >= 4 is 11.9 Å². The van der Waals surface area contributed by atoms with Crippen LogP contribution >= 0.6 is 0 Å². The zero-order valence-corrected chi connectivity index (χ0v) is 9.08. The molecule has 0 aliphatic carbocycles. The van der Waals surface area contributed by atoms with E-state index in [1.807, 2.05) is 6.92 Å². The van der Waals surface area contributed by atoms with Crippen molar-refractivity contribution in [1.29, 1.82) is 0 Å². The molecule has 0 aromatic heterocycles. The summed E-state index contributed by atoms with van der Waals surface area (Å²) in [5, 5.41) is 5.08. The minimum absolute atomic E-state index is 0.0188. The summed E-state index contributed by atoms with van der Waals surface area (Å²) >= 11 is 0. The number of primary amides is 1. The van der Waals surface area contributed by atoms with Gasteiger partial charge in [0.1, 0.15) is 0 Å². The maximum absolute atomic E-state index is 11.4. The molecular formula is C9H20N4O2. The molecule has 15 heavy (non-hydrogen) atoms. The van der Waals surface area contributed by atoms with Gasteiger partial charge in [0, 0.05) is 19.0 Å². The van der Waals surface area contributed by atoms with Gasteiger partial charge in [-0.25, -0.2) is 4.79 Å². The molecule has 1 unspecified atom stereocenters. The van der Waals surface area contributed by atoms with Crippen LogP contribution in [0.25, 0.3) is 0 Å². The number of carbonyl (C=O) groups is 2. The van der Waals surface area contributed by atoms with Crippen LogP contribution in [-0.2, 0) is 4.79 Å². The highest BCUT2D eigenvalue weighted by Gasteiger charge is 2.10. The molecule has 1 atom stereocenters. The second-order valence-corrected chi connectivity index (χ2v) is 3.41. The Morgan fingerprint density at radius 1 is 1.27 bits per heavy atom. The van der Waals surface area contributed by atoms with Gasteiger partial charge in [-0.3, -0.25) is 4.79 Å². The number of rotatable bonds is 7. The van der Waals surface area contributed by atoms with Crippen LogP contribution in [0.1, 0.15) is 19.8 Å². The van der Waals surface area contributed by atoms with Crippen molar-refractivity contribution in [3.8, 4) is 0 Å². The van der Waals surface area contributed by atoms with E-state index in [-0.39, 0.29) is 11.8 Å². The highest BCUT2D eigenvalue weighted by atomic mass is 16.2. The van der Waals surface area contributed by atoms with Gasteiger partial charge in [0.05, 0.1) is 0 Å². The molecule has 6 nitrogen and oxygen atoms in total. The third kappa shape index (κ3) is 7.75. The highest BCUT2D eigenvalue weighted by Crippen LogP contribution is 2.03. The molecule has 0 saturated heterocycles. The summed E-state index contributed by atoms with van der Waals surface area (Å²) in [7, 11) is 0. The van der Waals surface area contributed by atoms with Crippen LogP contribution in [0.4, 0.5) is 4.79 Å². The minimum Gasteiger partial charge on any atom is -0.354 e. The van der Waals surface area contributed by atoms with Gasteiger partial charge in [0.25, 0.3) is 0 Å². The quantitative estimate of drug-likeness (QED) is 0.416. The lowest BCUT2D eigenvalue weighted by atomic mass is 10.1. The van der Waals surface area contributed by atoms with Crippen LogP contribution < -0.4 is 22.1 Å². The van der Waals surface area contributed by atoms with Crippen molar-refractivity contribution in [3.63, 3.8) is 0 Å². The largest absolute Gasteiger partial charge is 0.354 e. The van der Waals surface area contributed by atoms with E-state index >= 15 is 0 Å². The van der Waals surface area contributed by atoms with Gasteiger partial charge in [-0.15, -0.1) is 0 Å². The fourth-order valence-electron chi connectivity index (χ4n) is 1.10. The molecule has 0 fully saturated rings. The summed E-state index contributed by atoms with van der Waals surface area (Å²) < 4.78 is 0. The highest BCUT2D eigenvalue weighted by molar-refractivity contribution is 5.78. The van der Waals surface area contributed by atoms with Gasteiger partial charge in [0.15, 0.2) is 0 Å². The van der Waals surface area contributed by atoms with Gasteiger partial charge >= 0.3 is 6.03 Å². The molecule has 0 saturated carbocycles. The Hall–Kier alpha value is -1.30. The summed E-state index contributed by atoms with van der Waals surface area (Å²) in [5.41, 5.74) is 10.2. The molecule has 0 aromatic carbocycles. The van der Waals surface area contributed by atoms with Gasteiger partial charge in [-0.2, -0.15) is 0 Å². The molecule has 0 radical (unpaired) electrons. The molecule has 0 aromatic rings. The molecule has 0 aliphatic rings. The van der Waals surface area contributed by atoms with E-state index in [9.17, 15) is 9.59 Å². The van der Waals surface area contributed by atoms with Gasteiger partial charge in [-0.1, -0.05) is 6.92 Å². The Labute approximate surface area is 89.8 Å². The Bertz CT molecular complexity index is 208. The third-order valence-electron chi connectivity index (χ3n) is 2.01. The van der Waals surface area contributed by atoms with Crippen LogP contribution in [-0.4, -0.2) is 31.6 Å². The molecular weight excluding hydrogens is 196 g/mol. The molecule has 0 bridgehead atoms. The van der Waals surface area contributed by atoms with Crippen molar-refractivity contribution in [2.75, 3.05) is 19.6 Å². The van der Waals surface area contributed by atoms with Crippen LogP contribution in [0, 0.1) is 5.92 Å². The number of amides is 3. The van der Waals surface area contributed by atoms with Crippen molar-refractivity contribution in [3.05, 3.63) is 0 Å². The topological polar surface area (TPSA) is 110 Å². The van der Waals surface area contributed by atoms with E-state index in [4.69, 9.17) is 11.5 Å². The van der Waals surface area contributed by atoms with Gasteiger partial charge < -0.3 is 22.1 Å². The first-order valence-electron chi connectivity index (χ1n) is 5.09. The number of carbonyl (C=O) groups excluding carboxylic acids is 2. The van der Waals surface area contributed by atoms with Crippen LogP contribution in [0.3, 0.4) is 0 Å². The standard InChI is InChI=1S/C9H20N4O2/c1-7(3-2-4-10)8(14)12-5-6-13-9(11)15/h7H,2-6,10H2,1H3,(H,12,14)(H3,11,13,15). The summed E-state index contributed by atoms with van der Waals surface area (Å²) in [6.45, 7) is 3.20. The first-order valence-corrected chi connectivity index (χ1v) is 5.09. The second kappa shape index (κ2) is 8.05.